The third kappa shape index (κ3) is 35.3. The minimum absolute atomic E-state index is 0.151. The highest BCUT2D eigenvalue weighted by molar-refractivity contribution is 6.01. The molecule has 14 amide bonds. The number of aliphatic hydroxyl groups is 3. The standard InChI is InChI=1S/C54H80N16O29/c1-20(55)11-27(64-51(96)32(16-42(85)86)60-23(4)74)22(3)59-31(15-41(83)84)50(95)70-34(18-71)53(98)63-26(7-10-40(81)82)47(92)66-29(12-21(2)73)48(93)67-30(14-37(57)76)49(94)69-35(19-72)54(99)68-33(17-43(87)88)52(97)62-24(5-8-38(77)78)45(90)61-25(6-9-39(79)80)46(91)65-28(44(58)89)13-36(56)75/h24-35,59,71-73H,1-3,5-19,55H2,4H3,(H2,56,75)(H2,57,76)(H2,58,89)(H,60,74)(H,61,90)(H,62,97)(H,63,98)(H,64,96)(H,65,91)(H,66,92)(H,67,93)(H,68,99)(H,69,94)(H,70,95)(H,77,78)(H,79,80)(H,81,82)(H,83,84)(H,85,86)(H,87,88)/t24?,25-,26-,27?,28?,29?,30-,31-,32-,33-,34?,35?/m1/s1. The normalized spacial score (nSPS) is 14.3. The summed E-state index contributed by atoms with van der Waals surface area (Å²) in [6.45, 7) is 8.51. The van der Waals surface area contributed by atoms with E-state index in [4.69, 9.17) is 22.9 Å². The molecule has 0 heterocycles. The van der Waals surface area contributed by atoms with Crippen molar-refractivity contribution in [3.63, 3.8) is 0 Å². The quantitative estimate of drug-likeness (QED) is 0.0252. The number of carbonyl (C=O) groups is 20. The Morgan fingerprint density at radius 3 is 0.808 bits per heavy atom. The number of hydrogen-bond acceptors (Lipinski definition) is 25. The number of amides is 14. The Kier molecular flexibility index (Phi) is 37.9. The molecule has 45 nitrogen and oxygen atoms in total. The van der Waals surface area contributed by atoms with Crippen LogP contribution in [0.2, 0.25) is 0 Å². The molecule has 0 radical (unpaired) electrons. The average Bonchev–Trinajstić information content (AvgIpc) is 0.865. The molecule has 29 N–H and O–H groups in total. The van der Waals surface area contributed by atoms with Crippen LogP contribution >= 0.6 is 0 Å². The van der Waals surface area contributed by atoms with E-state index in [1.165, 1.54) is 0 Å². The number of carboxylic acids is 6. The smallest absolute Gasteiger partial charge is 0.305 e. The van der Waals surface area contributed by atoms with Crippen LogP contribution in [0, 0.1) is 0 Å². The lowest BCUT2D eigenvalue weighted by Gasteiger charge is -2.29. The van der Waals surface area contributed by atoms with Gasteiger partial charge in [-0.05, 0) is 19.3 Å². The van der Waals surface area contributed by atoms with Crippen LogP contribution in [-0.2, 0) is 95.9 Å². The zero-order valence-corrected chi connectivity index (χ0v) is 52.7. The van der Waals surface area contributed by atoms with E-state index in [0.29, 0.717) is 0 Å². The molecule has 45 heteroatoms. The van der Waals surface area contributed by atoms with Gasteiger partial charge in [-0.2, -0.15) is 0 Å². The number of primary amides is 3. The SMILES string of the molecule is C=C(N)CC(NC(=O)[C@@H](CC(=O)O)NC(C)=O)C(=C)N[C@H](CC(=O)O)C(=O)NC(CO)C(=O)N[C@H](CCC(=O)O)C(=O)NC(CC(=C)O)C(=O)N[C@H](CC(N)=O)C(=O)NC(CO)C(=O)N[C@H](CC(=O)O)C(=O)NC(CCC(=O)O)C(=O)N[C@H](CCC(=O)O)C(=O)NC(CC(N)=O)C(N)=O. The van der Waals surface area contributed by atoms with E-state index in [0.717, 1.165) is 6.92 Å². The Balaban J connectivity index is 6.92. The van der Waals surface area contributed by atoms with Crippen LogP contribution in [0.25, 0.3) is 0 Å². The van der Waals surface area contributed by atoms with Crippen LogP contribution in [0.15, 0.2) is 36.9 Å². The van der Waals surface area contributed by atoms with Crippen molar-refractivity contribution in [2.24, 2.45) is 22.9 Å². The lowest BCUT2D eigenvalue weighted by atomic mass is 10.0. The van der Waals surface area contributed by atoms with Gasteiger partial charge in [-0.1, -0.05) is 19.7 Å². The maximum atomic E-state index is 13.9. The highest BCUT2D eigenvalue weighted by atomic mass is 16.4. The molecule has 0 aromatic carbocycles. The van der Waals surface area contributed by atoms with Crippen molar-refractivity contribution >= 4 is 119 Å². The van der Waals surface area contributed by atoms with Gasteiger partial charge >= 0.3 is 35.8 Å². The summed E-state index contributed by atoms with van der Waals surface area (Å²) in [5.74, 6) is -30.2. The van der Waals surface area contributed by atoms with E-state index in [2.05, 4.69) is 35.7 Å². The van der Waals surface area contributed by atoms with E-state index >= 15 is 0 Å². The summed E-state index contributed by atoms with van der Waals surface area (Å²) >= 11 is 0. The van der Waals surface area contributed by atoms with Crippen LogP contribution in [0.5, 0.6) is 0 Å². The first kappa shape index (κ1) is 86.9. The van der Waals surface area contributed by atoms with E-state index in [-0.39, 0.29) is 11.4 Å². The second kappa shape index (κ2) is 43.1. The molecule has 0 spiro atoms. The number of nitrogens with two attached hydrogens (primary N) is 4. The van der Waals surface area contributed by atoms with E-state index < -0.39 is 293 Å². The van der Waals surface area contributed by atoms with Crippen LogP contribution in [-0.4, -0.2) is 250 Å². The molecule has 0 saturated carbocycles. The predicted octanol–water partition coefficient (Wildman–Crippen LogP) is -11.6. The number of carboxylic acid groups (broad SMARTS) is 6. The molecule has 6 unspecified atom stereocenters. The molecular formula is C54H80N16O29. The number of aliphatic hydroxyl groups excluding tert-OH is 3. The van der Waals surface area contributed by atoms with Crippen molar-refractivity contribution in [2.45, 2.75) is 163 Å². The van der Waals surface area contributed by atoms with Crippen molar-refractivity contribution in [3.05, 3.63) is 36.9 Å². The second-order valence-corrected chi connectivity index (χ2v) is 21.4. The summed E-state index contributed by atoms with van der Waals surface area (Å²) in [4.78, 5) is 253. The van der Waals surface area contributed by atoms with Gasteiger partial charge in [0.05, 0.1) is 57.1 Å². The van der Waals surface area contributed by atoms with Gasteiger partial charge in [-0.3, -0.25) is 95.9 Å². The molecule has 99 heavy (non-hydrogen) atoms. The van der Waals surface area contributed by atoms with Gasteiger partial charge in [-0.15, -0.1) is 0 Å². The maximum absolute atomic E-state index is 13.9. The van der Waals surface area contributed by atoms with Crippen LogP contribution < -0.4 is 86.7 Å². The third-order valence-electron chi connectivity index (χ3n) is 13.0. The summed E-state index contributed by atoms with van der Waals surface area (Å²) in [6, 6.07) is -24.2. The van der Waals surface area contributed by atoms with Crippen molar-refractivity contribution in [1.82, 2.24) is 63.8 Å². The van der Waals surface area contributed by atoms with Crippen LogP contribution in [0.1, 0.15) is 90.4 Å². The first-order valence-electron chi connectivity index (χ1n) is 28.9. The largest absolute Gasteiger partial charge is 0.513 e. The first-order valence-corrected chi connectivity index (χ1v) is 28.9. The van der Waals surface area contributed by atoms with Crippen molar-refractivity contribution in [2.75, 3.05) is 13.2 Å². The zero-order valence-electron chi connectivity index (χ0n) is 52.7. The summed E-state index contributed by atoms with van der Waals surface area (Å²) < 4.78 is 0. The van der Waals surface area contributed by atoms with E-state index in [1.54, 1.807) is 0 Å². The van der Waals surface area contributed by atoms with Gasteiger partial charge in [0.15, 0.2) is 0 Å². The third-order valence-corrected chi connectivity index (χ3v) is 13.0. The molecule has 0 fully saturated rings. The monoisotopic (exact) mass is 1420 g/mol. The molecule has 0 aliphatic rings. The van der Waals surface area contributed by atoms with Crippen LogP contribution in [0.4, 0.5) is 0 Å². The first-order chi connectivity index (χ1) is 45.9. The summed E-state index contributed by atoms with van der Waals surface area (Å²) in [5.41, 5.74) is 20.7. The molecule has 0 rings (SSSR count). The molecular weight excluding hydrogens is 1340 g/mol. The Labute approximate surface area is 558 Å². The van der Waals surface area contributed by atoms with Gasteiger partial charge in [0.1, 0.15) is 66.5 Å². The lowest BCUT2D eigenvalue weighted by molar-refractivity contribution is -0.142. The molecule has 12 atom stereocenters. The maximum Gasteiger partial charge on any atom is 0.305 e. The van der Waals surface area contributed by atoms with Crippen molar-refractivity contribution in [3.8, 4) is 0 Å². The number of rotatable bonds is 50. The minimum atomic E-state index is -2.34. The Morgan fingerprint density at radius 2 is 0.535 bits per heavy atom. The zero-order chi connectivity index (χ0) is 76.3. The fourth-order valence-corrected chi connectivity index (χ4v) is 8.25. The Bertz CT molecular complexity index is 3110. The fraction of sp³-hybridized carbons (Fsp3) is 0.519. The molecule has 0 saturated heterocycles. The van der Waals surface area contributed by atoms with Crippen LogP contribution in [0.3, 0.4) is 0 Å². The summed E-state index contributed by atoms with van der Waals surface area (Å²) in [5, 5.41) is 112. The summed E-state index contributed by atoms with van der Waals surface area (Å²) in [6.07, 6.45) is -12.3. The molecule has 550 valence electrons. The number of carbonyl (C=O) groups excluding carboxylic acids is 14. The lowest BCUT2D eigenvalue weighted by Crippen LogP contribution is -2.61. The number of nitrogens with one attached hydrogen (secondary N) is 12. The van der Waals surface area contributed by atoms with Crippen molar-refractivity contribution in [1.29, 1.82) is 0 Å². The highest BCUT2D eigenvalue weighted by Gasteiger charge is 2.38. The Hall–Kier alpha value is -12.1. The van der Waals surface area contributed by atoms with Gasteiger partial charge < -0.3 is 133 Å². The predicted molar refractivity (Wildman–Crippen MR) is 326 cm³/mol. The van der Waals surface area contributed by atoms with Gasteiger partial charge in [-0.25, -0.2) is 0 Å². The Morgan fingerprint density at radius 1 is 0.293 bits per heavy atom. The van der Waals surface area contributed by atoms with E-state index in [1.807, 2.05) is 47.9 Å². The highest BCUT2D eigenvalue weighted by Crippen LogP contribution is 2.13. The van der Waals surface area contributed by atoms with Gasteiger partial charge in [0.2, 0.25) is 82.7 Å². The average molecular weight is 1420 g/mol. The van der Waals surface area contributed by atoms with Gasteiger partial charge in [0, 0.05) is 50.4 Å². The fourth-order valence-electron chi connectivity index (χ4n) is 8.25. The number of hydrogen-bond donors (Lipinski definition) is 25. The van der Waals surface area contributed by atoms with Gasteiger partial charge in [0.25, 0.3) is 0 Å². The second-order valence-electron chi connectivity index (χ2n) is 21.4. The molecule has 0 aromatic rings. The molecule has 0 aliphatic carbocycles. The van der Waals surface area contributed by atoms with E-state index in [9.17, 15) is 142 Å². The topological polar surface area (TPSA) is 772 Å². The molecule has 0 aromatic heterocycles. The molecule has 0 bridgehead atoms. The molecule has 0 aliphatic heterocycles. The number of aliphatic carboxylic acids is 6. The van der Waals surface area contributed by atoms with Crippen molar-refractivity contribution < 1.29 is 142 Å². The minimum Gasteiger partial charge on any atom is -0.513 e. The summed E-state index contributed by atoms with van der Waals surface area (Å²) in [7, 11) is 0.